The highest BCUT2D eigenvalue weighted by molar-refractivity contribution is 6.32. The van der Waals surface area contributed by atoms with E-state index in [1.165, 1.54) is 7.11 Å². The van der Waals surface area contributed by atoms with Crippen molar-refractivity contribution in [2.75, 3.05) is 19.0 Å². The molecule has 0 atom stereocenters. The Balaban J connectivity index is 1.58. The summed E-state index contributed by atoms with van der Waals surface area (Å²) in [5.41, 5.74) is 3.26. The van der Waals surface area contributed by atoms with E-state index in [2.05, 4.69) is 15.5 Å². The summed E-state index contributed by atoms with van der Waals surface area (Å²) in [5, 5.41) is 11.3. The van der Waals surface area contributed by atoms with Gasteiger partial charge in [-0.05, 0) is 42.8 Å². The summed E-state index contributed by atoms with van der Waals surface area (Å²) in [5.74, 6) is 0.668. The topological polar surface area (TPSA) is 73.3 Å². The molecule has 1 amide bonds. The molecule has 0 radical (unpaired) electrons. The second-order valence-electron chi connectivity index (χ2n) is 5.81. The van der Waals surface area contributed by atoms with Crippen LogP contribution in [-0.4, -0.2) is 29.8 Å². The van der Waals surface area contributed by atoms with E-state index < -0.39 is 0 Å². The van der Waals surface area contributed by atoms with Crippen molar-refractivity contribution in [3.8, 4) is 22.9 Å². The molecule has 0 bridgehead atoms. The van der Waals surface area contributed by atoms with E-state index >= 15 is 0 Å². The maximum atomic E-state index is 12.1. The monoisotopic (exact) mass is 383 g/mol. The summed E-state index contributed by atoms with van der Waals surface area (Å²) in [7, 11) is 1.54. The number of halogens is 1. The first-order chi connectivity index (χ1) is 13.0. The van der Waals surface area contributed by atoms with E-state index in [0.29, 0.717) is 28.0 Å². The number of hydrogen-bond donors (Lipinski definition) is 1. The highest BCUT2D eigenvalue weighted by Gasteiger charge is 2.08. The molecular weight excluding hydrogens is 366 g/mol. The molecule has 0 aliphatic carbocycles. The van der Waals surface area contributed by atoms with Gasteiger partial charge in [-0.1, -0.05) is 29.8 Å². The van der Waals surface area contributed by atoms with Crippen LogP contribution in [0.2, 0.25) is 5.02 Å². The molecule has 2 aromatic carbocycles. The Morgan fingerprint density at radius 2 is 1.85 bits per heavy atom. The largest absolute Gasteiger partial charge is 0.482 e. The molecule has 0 spiro atoms. The van der Waals surface area contributed by atoms with Crippen molar-refractivity contribution < 1.29 is 14.3 Å². The van der Waals surface area contributed by atoms with Crippen LogP contribution in [0.5, 0.6) is 11.6 Å². The summed E-state index contributed by atoms with van der Waals surface area (Å²) < 4.78 is 10.5. The number of aryl methyl sites for hydroxylation is 1. The molecular formula is C20H18ClN3O3. The van der Waals surface area contributed by atoms with E-state index in [9.17, 15) is 4.79 Å². The number of carbonyl (C=O) groups excluding carboxylic acids is 1. The van der Waals surface area contributed by atoms with Crippen molar-refractivity contribution in [1.82, 2.24) is 10.2 Å². The van der Waals surface area contributed by atoms with Crippen molar-refractivity contribution >= 4 is 23.2 Å². The van der Waals surface area contributed by atoms with E-state index in [-0.39, 0.29) is 12.5 Å². The van der Waals surface area contributed by atoms with Gasteiger partial charge >= 0.3 is 0 Å². The normalized spacial score (nSPS) is 10.3. The molecule has 0 unspecified atom stereocenters. The van der Waals surface area contributed by atoms with Crippen molar-refractivity contribution in [3.63, 3.8) is 0 Å². The second-order valence-corrected chi connectivity index (χ2v) is 6.22. The summed E-state index contributed by atoms with van der Waals surface area (Å²) in [6, 6.07) is 16.3. The number of amides is 1. The Morgan fingerprint density at radius 3 is 2.52 bits per heavy atom. The van der Waals surface area contributed by atoms with Crippen LogP contribution in [0.25, 0.3) is 11.3 Å². The number of hydrogen-bond acceptors (Lipinski definition) is 5. The highest BCUT2D eigenvalue weighted by atomic mass is 35.5. The minimum atomic E-state index is -0.274. The maximum absolute atomic E-state index is 12.1. The van der Waals surface area contributed by atoms with Gasteiger partial charge in [-0.15, -0.1) is 10.2 Å². The average molecular weight is 384 g/mol. The maximum Gasteiger partial charge on any atom is 0.262 e. The third kappa shape index (κ3) is 4.95. The van der Waals surface area contributed by atoms with Gasteiger partial charge in [0.25, 0.3) is 5.91 Å². The average Bonchev–Trinajstić information content (AvgIpc) is 2.69. The molecule has 7 heteroatoms. The molecule has 3 aromatic rings. The van der Waals surface area contributed by atoms with E-state index in [4.69, 9.17) is 21.1 Å². The number of benzene rings is 2. The van der Waals surface area contributed by atoms with Crippen LogP contribution in [0.1, 0.15) is 5.56 Å². The number of nitrogens with one attached hydrogen (secondary N) is 1. The molecule has 27 heavy (non-hydrogen) atoms. The van der Waals surface area contributed by atoms with Gasteiger partial charge < -0.3 is 14.8 Å². The van der Waals surface area contributed by atoms with Gasteiger partial charge in [-0.25, -0.2) is 0 Å². The van der Waals surface area contributed by atoms with Crippen LogP contribution in [0.3, 0.4) is 0 Å². The van der Waals surface area contributed by atoms with Gasteiger partial charge in [-0.2, -0.15) is 0 Å². The van der Waals surface area contributed by atoms with Gasteiger partial charge in [0.05, 0.1) is 17.8 Å². The molecule has 1 N–H and O–H groups in total. The van der Waals surface area contributed by atoms with Crippen molar-refractivity contribution in [2.45, 2.75) is 6.92 Å². The second kappa shape index (κ2) is 8.51. The van der Waals surface area contributed by atoms with Crippen LogP contribution in [0, 0.1) is 6.92 Å². The first-order valence-corrected chi connectivity index (χ1v) is 8.60. The Kier molecular flexibility index (Phi) is 5.88. The Hall–Kier alpha value is -3.12. The molecule has 138 valence electrons. The van der Waals surface area contributed by atoms with Gasteiger partial charge in [0, 0.05) is 17.3 Å². The predicted molar refractivity (Wildman–Crippen MR) is 104 cm³/mol. The zero-order chi connectivity index (χ0) is 19.2. The standard InChI is InChI=1S/C20H18ClN3O3/c1-13-3-8-16(21)18(11-13)27-12-19(25)22-15-6-4-14(5-7-15)17-9-10-20(26-2)24-23-17/h3-11H,12H2,1-2H3,(H,22,25). The summed E-state index contributed by atoms with van der Waals surface area (Å²) >= 11 is 6.06. The van der Waals surface area contributed by atoms with Gasteiger partial charge in [0.15, 0.2) is 6.61 Å². The van der Waals surface area contributed by atoms with Crippen molar-refractivity contribution in [2.24, 2.45) is 0 Å². The molecule has 0 aliphatic rings. The number of rotatable bonds is 6. The smallest absolute Gasteiger partial charge is 0.262 e. The zero-order valence-corrected chi connectivity index (χ0v) is 15.7. The van der Waals surface area contributed by atoms with Crippen LogP contribution >= 0.6 is 11.6 Å². The Bertz CT molecular complexity index is 928. The third-order valence-corrected chi connectivity index (χ3v) is 4.07. The fourth-order valence-corrected chi connectivity index (χ4v) is 2.54. The minimum absolute atomic E-state index is 0.130. The van der Waals surface area contributed by atoms with E-state index in [0.717, 1.165) is 11.1 Å². The fraction of sp³-hybridized carbons (Fsp3) is 0.150. The number of aromatic nitrogens is 2. The minimum Gasteiger partial charge on any atom is -0.482 e. The number of ether oxygens (including phenoxy) is 2. The molecule has 0 saturated carbocycles. The van der Waals surface area contributed by atoms with Crippen LogP contribution in [0.4, 0.5) is 5.69 Å². The van der Waals surface area contributed by atoms with Gasteiger partial charge in [0.2, 0.25) is 5.88 Å². The number of anilines is 1. The molecule has 0 fully saturated rings. The lowest BCUT2D eigenvalue weighted by atomic mass is 10.1. The van der Waals surface area contributed by atoms with Crippen LogP contribution < -0.4 is 14.8 Å². The molecule has 1 heterocycles. The van der Waals surface area contributed by atoms with Gasteiger partial charge in [-0.3, -0.25) is 4.79 Å². The fourth-order valence-electron chi connectivity index (χ4n) is 2.37. The van der Waals surface area contributed by atoms with E-state index in [1.54, 1.807) is 30.3 Å². The van der Waals surface area contributed by atoms with Crippen LogP contribution in [-0.2, 0) is 4.79 Å². The molecule has 1 aromatic heterocycles. The summed E-state index contributed by atoms with van der Waals surface area (Å²) in [6.45, 7) is 1.80. The Labute approximate surface area is 162 Å². The lowest BCUT2D eigenvalue weighted by molar-refractivity contribution is -0.118. The molecule has 3 rings (SSSR count). The molecule has 0 saturated heterocycles. The lowest BCUT2D eigenvalue weighted by Crippen LogP contribution is -2.20. The highest BCUT2D eigenvalue weighted by Crippen LogP contribution is 2.25. The number of carbonyl (C=O) groups is 1. The van der Waals surface area contributed by atoms with Gasteiger partial charge in [0.1, 0.15) is 5.75 Å². The first kappa shape index (κ1) is 18.7. The molecule has 0 aliphatic heterocycles. The lowest BCUT2D eigenvalue weighted by Gasteiger charge is -2.10. The van der Waals surface area contributed by atoms with Crippen LogP contribution in [0.15, 0.2) is 54.6 Å². The first-order valence-electron chi connectivity index (χ1n) is 8.22. The SMILES string of the molecule is COc1ccc(-c2ccc(NC(=O)COc3cc(C)ccc3Cl)cc2)nn1. The summed E-state index contributed by atoms with van der Waals surface area (Å²) in [6.07, 6.45) is 0. The summed E-state index contributed by atoms with van der Waals surface area (Å²) in [4.78, 5) is 12.1. The Morgan fingerprint density at radius 1 is 1.07 bits per heavy atom. The number of methoxy groups -OCH3 is 1. The van der Waals surface area contributed by atoms with Crippen molar-refractivity contribution in [1.29, 1.82) is 0 Å². The third-order valence-electron chi connectivity index (χ3n) is 3.76. The molecule has 6 nitrogen and oxygen atoms in total. The number of nitrogens with zero attached hydrogens (tertiary/aromatic N) is 2. The predicted octanol–water partition coefficient (Wildman–Crippen LogP) is 4.13. The van der Waals surface area contributed by atoms with Crippen molar-refractivity contribution in [3.05, 3.63) is 65.2 Å². The van der Waals surface area contributed by atoms with E-state index in [1.807, 2.05) is 31.2 Å². The quantitative estimate of drug-likeness (QED) is 0.692. The zero-order valence-electron chi connectivity index (χ0n) is 14.9.